The van der Waals surface area contributed by atoms with Crippen LogP contribution >= 0.6 is 0 Å². The first-order chi connectivity index (χ1) is 16.2. The molecular formula is C25H30N6O3. The number of hydrogen-bond acceptors (Lipinski definition) is 7. The number of carbonyl (C=O) groups excluding carboxylic acids is 1. The molecule has 9 heteroatoms. The van der Waals surface area contributed by atoms with Crippen molar-refractivity contribution in [3.05, 3.63) is 59.4 Å². The highest BCUT2D eigenvalue weighted by Crippen LogP contribution is 2.27. The van der Waals surface area contributed by atoms with Gasteiger partial charge in [0.15, 0.2) is 11.5 Å². The molecule has 0 saturated heterocycles. The maximum atomic E-state index is 12.7. The Hall–Kier alpha value is -3.72. The number of nitrogens with zero attached hydrogens (tertiary/aromatic N) is 5. The number of rotatable bonds is 8. The standard InChI is InChI=1S/C25H30N6O3/c1-25(2,33)17-13-11-16(12-14-17)23(32)30(3)15-6-5-10-20-27-22-18-8-7-9-19(34-4)21(18)28-24(26)31(22)29-20/h7-9,11-14,33H,5-6,10,15H2,1-4H3,(H2,26,28). The first-order valence-electron chi connectivity index (χ1n) is 11.3. The van der Waals surface area contributed by atoms with E-state index in [0.717, 1.165) is 23.8 Å². The number of aryl methyl sites for hydroxylation is 1. The minimum absolute atomic E-state index is 0.0487. The van der Waals surface area contributed by atoms with Crippen LogP contribution in [0.2, 0.25) is 0 Å². The number of para-hydroxylation sites is 1. The van der Waals surface area contributed by atoms with E-state index in [9.17, 15) is 9.90 Å². The second-order valence-corrected chi connectivity index (χ2v) is 8.91. The third-order valence-electron chi connectivity index (χ3n) is 5.88. The summed E-state index contributed by atoms with van der Waals surface area (Å²) in [7, 11) is 3.39. The highest BCUT2D eigenvalue weighted by Gasteiger charge is 2.18. The largest absolute Gasteiger partial charge is 0.494 e. The predicted molar refractivity (Wildman–Crippen MR) is 131 cm³/mol. The van der Waals surface area contributed by atoms with Crippen molar-refractivity contribution >= 4 is 28.4 Å². The van der Waals surface area contributed by atoms with Crippen molar-refractivity contribution in [3.63, 3.8) is 0 Å². The van der Waals surface area contributed by atoms with Gasteiger partial charge in [0.25, 0.3) is 5.91 Å². The molecule has 0 unspecified atom stereocenters. The number of nitrogen functional groups attached to an aromatic ring is 1. The lowest BCUT2D eigenvalue weighted by atomic mass is 9.97. The van der Waals surface area contributed by atoms with Crippen molar-refractivity contribution in [2.75, 3.05) is 26.4 Å². The molecular weight excluding hydrogens is 432 g/mol. The summed E-state index contributed by atoms with van der Waals surface area (Å²) in [4.78, 5) is 23.5. The summed E-state index contributed by atoms with van der Waals surface area (Å²) < 4.78 is 6.95. The number of carbonyl (C=O) groups is 1. The summed E-state index contributed by atoms with van der Waals surface area (Å²) in [5.74, 6) is 1.53. The summed E-state index contributed by atoms with van der Waals surface area (Å²) in [6.45, 7) is 4.05. The Labute approximate surface area is 198 Å². The molecule has 0 radical (unpaired) electrons. The van der Waals surface area contributed by atoms with E-state index in [1.54, 1.807) is 61.7 Å². The van der Waals surface area contributed by atoms with Crippen LogP contribution in [0.4, 0.5) is 5.95 Å². The lowest BCUT2D eigenvalue weighted by Crippen LogP contribution is -2.28. The number of unbranched alkanes of at least 4 members (excludes halogenated alkanes) is 1. The molecule has 178 valence electrons. The Morgan fingerprint density at radius 2 is 1.88 bits per heavy atom. The summed E-state index contributed by atoms with van der Waals surface area (Å²) in [5, 5.41) is 15.4. The molecule has 0 bridgehead atoms. The lowest BCUT2D eigenvalue weighted by Gasteiger charge is -2.20. The zero-order chi connectivity index (χ0) is 24.5. The fraction of sp³-hybridized carbons (Fsp3) is 0.360. The van der Waals surface area contributed by atoms with Gasteiger partial charge in [-0.25, -0.2) is 9.97 Å². The van der Waals surface area contributed by atoms with Crippen molar-refractivity contribution in [2.45, 2.75) is 38.7 Å². The van der Waals surface area contributed by atoms with Crippen LogP contribution in [0.15, 0.2) is 42.5 Å². The van der Waals surface area contributed by atoms with Crippen molar-refractivity contribution in [3.8, 4) is 5.75 Å². The van der Waals surface area contributed by atoms with Gasteiger partial charge in [0.2, 0.25) is 5.95 Å². The molecule has 0 spiro atoms. The SMILES string of the molecule is COc1cccc2c1nc(N)n1nc(CCCCN(C)C(=O)c3ccc(C(C)(C)O)cc3)nc21. The van der Waals surface area contributed by atoms with E-state index in [4.69, 9.17) is 10.5 Å². The highest BCUT2D eigenvalue weighted by molar-refractivity contribution is 5.96. The van der Waals surface area contributed by atoms with Gasteiger partial charge in [0, 0.05) is 31.0 Å². The van der Waals surface area contributed by atoms with Crippen molar-refractivity contribution < 1.29 is 14.6 Å². The molecule has 1 amide bonds. The number of aromatic nitrogens is 4. The van der Waals surface area contributed by atoms with Gasteiger partial charge in [-0.2, -0.15) is 4.52 Å². The van der Waals surface area contributed by atoms with Crippen LogP contribution in [0.1, 0.15) is 48.4 Å². The van der Waals surface area contributed by atoms with Gasteiger partial charge in [-0.1, -0.05) is 18.2 Å². The number of anilines is 1. The molecule has 0 aliphatic rings. The van der Waals surface area contributed by atoms with Crippen LogP contribution < -0.4 is 10.5 Å². The number of nitrogens with two attached hydrogens (primary N) is 1. The lowest BCUT2D eigenvalue weighted by molar-refractivity contribution is 0.0770. The van der Waals surface area contributed by atoms with Crippen LogP contribution in [0.25, 0.3) is 16.6 Å². The van der Waals surface area contributed by atoms with Gasteiger partial charge in [-0.3, -0.25) is 4.79 Å². The molecule has 0 aliphatic heterocycles. The number of hydrogen-bond donors (Lipinski definition) is 2. The summed E-state index contributed by atoms with van der Waals surface area (Å²) >= 11 is 0. The maximum absolute atomic E-state index is 12.7. The van der Waals surface area contributed by atoms with Gasteiger partial charge in [-0.15, -0.1) is 5.10 Å². The number of fused-ring (bicyclic) bond motifs is 3. The van der Waals surface area contributed by atoms with Gasteiger partial charge in [0.05, 0.1) is 12.7 Å². The molecule has 0 aliphatic carbocycles. The van der Waals surface area contributed by atoms with Crippen LogP contribution in [-0.2, 0) is 12.0 Å². The first kappa shape index (κ1) is 23.4. The van der Waals surface area contributed by atoms with Crippen LogP contribution in [-0.4, -0.2) is 56.2 Å². The average molecular weight is 463 g/mol. The van der Waals surface area contributed by atoms with Crippen LogP contribution in [0.3, 0.4) is 0 Å². The van der Waals surface area contributed by atoms with Crippen LogP contribution in [0.5, 0.6) is 5.75 Å². The first-order valence-corrected chi connectivity index (χ1v) is 11.3. The van der Waals surface area contributed by atoms with Crippen molar-refractivity contribution in [2.24, 2.45) is 0 Å². The Kier molecular flexibility index (Phi) is 6.39. The van der Waals surface area contributed by atoms with Gasteiger partial charge in [0.1, 0.15) is 11.3 Å². The highest BCUT2D eigenvalue weighted by atomic mass is 16.5. The number of ether oxygens (including phenoxy) is 1. The number of methoxy groups -OCH3 is 1. The molecule has 4 rings (SSSR count). The van der Waals surface area contributed by atoms with E-state index in [1.165, 1.54) is 0 Å². The van der Waals surface area contributed by atoms with E-state index >= 15 is 0 Å². The normalized spacial score (nSPS) is 11.8. The molecule has 2 aromatic heterocycles. The topological polar surface area (TPSA) is 119 Å². The monoisotopic (exact) mass is 462 g/mol. The summed E-state index contributed by atoms with van der Waals surface area (Å²) in [5.41, 5.74) is 7.86. The zero-order valence-corrected chi connectivity index (χ0v) is 19.9. The van der Waals surface area contributed by atoms with E-state index in [2.05, 4.69) is 15.1 Å². The zero-order valence-electron chi connectivity index (χ0n) is 19.9. The fourth-order valence-corrected chi connectivity index (χ4v) is 3.91. The van der Waals surface area contributed by atoms with Gasteiger partial charge in [-0.05, 0) is 56.5 Å². The molecule has 9 nitrogen and oxygen atoms in total. The van der Waals surface area contributed by atoms with Gasteiger partial charge >= 0.3 is 0 Å². The third-order valence-corrected chi connectivity index (χ3v) is 5.88. The molecule has 0 atom stereocenters. The average Bonchev–Trinajstić information content (AvgIpc) is 3.25. The van der Waals surface area contributed by atoms with Crippen molar-refractivity contribution in [1.82, 2.24) is 24.5 Å². The predicted octanol–water partition coefficient (Wildman–Crippen LogP) is 3.19. The van der Waals surface area contributed by atoms with E-state index in [0.29, 0.717) is 41.3 Å². The number of aliphatic hydroxyl groups is 1. The minimum atomic E-state index is -0.932. The maximum Gasteiger partial charge on any atom is 0.253 e. The quantitative estimate of drug-likeness (QED) is 0.386. The Morgan fingerprint density at radius 1 is 1.15 bits per heavy atom. The minimum Gasteiger partial charge on any atom is -0.494 e. The third kappa shape index (κ3) is 4.65. The van der Waals surface area contributed by atoms with E-state index in [-0.39, 0.29) is 11.9 Å². The van der Waals surface area contributed by atoms with Crippen molar-refractivity contribution in [1.29, 1.82) is 0 Å². The second-order valence-electron chi connectivity index (χ2n) is 8.91. The molecule has 34 heavy (non-hydrogen) atoms. The molecule has 2 heterocycles. The molecule has 0 saturated carbocycles. The molecule has 3 N–H and O–H groups in total. The summed E-state index contributed by atoms with van der Waals surface area (Å²) in [6, 6.07) is 12.7. The Morgan fingerprint density at radius 3 is 2.56 bits per heavy atom. The van der Waals surface area contributed by atoms with Crippen LogP contribution in [0, 0.1) is 0 Å². The second kappa shape index (κ2) is 9.26. The Bertz CT molecular complexity index is 1320. The smallest absolute Gasteiger partial charge is 0.253 e. The number of benzene rings is 2. The molecule has 4 aromatic rings. The van der Waals surface area contributed by atoms with Gasteiger partial charge < -0.3 is 20.5 Å². The molecule has 2 aromatic carbocycles. The Balaban J connectivity index is 1.38. The molecule has 0 fully saturated rings. The fourth-order valence-electron chi connectivity index (χ4n) is 3.91. The van der Waals surface area contributed by atoms with E-state index in [1.807, 2.05) is 18.2 Å². The number of amides is 1. The van der Waals surface area contributed by atoms with E-state index < -0.39 is 5.60 Å². The summed E-state index contributed by atoms with van der Waals surface area (Å²) in [6.07, 6.45) is 2.29.